The second-order valence-corrected chi connectivity index (χ2v) is 7.37. The Hall–Kier alpha value is -2.52. The lowest BCUT2D eigenvalue weighted by Gasteiger charge is -2.09. The summed E-state index contributed by atoms with van der Waals surface area (Å²) in [6, 6.07) is 11.3. The molecule has 0 saturated heterocycles. The molecule has 2 N–H and O–H groups in total. The van der Waals surface area contributed by atoms with Gasteiger partial charge in [0.05, 0.1) is 4.47 Å². The molecule has 9 heteroatoms. The molecule has 0 spiro atoms. The molecular weight excluding hydrogens is 480 g/mol. The number of aliphatic imine (C=N–C) groups is 1. The summed E-state index contributed by atoms with van der Waals surface area (Å²) in [5, 5.41) is 10.4. The second-order valence-electron chi connectivity index (χ2n) is 5.60. The number of halogens is 2. The third-order valence-corrected chi connectivity index (χ3v) is 4.80. The van der Waals surface area contributed by atoms with Crippen molar-refractivity contribution in [1.29, 1.82) is 0 Å². The van der Waals surface area contributed by atoms with Gasteiger partial charge in [-0.1, -0.05) is 30.3 Å². The van der Waals surface area contributed by atoms with Crippen LogP contribution in [-0.2, 0) is 13.0 Å². The maximum atomic E-state index is 12.1. The number of hydrogen-bond donors (Lipinski definition) is 2. The van der Waals surface area contributed by atoms with Crippen molar-refractivity contribution in [3.05, 3.63) is 83.5 Å². The van der Waals surface area contributed by atoms with Crippen molar-refractivity contribution in [2.75, 3.05) is 0 Å². The fraction of sp³-hybridized carbons (Fsp3) is 0.111. The van der Waals surface area contributed by atoms with Gasteiger partial charge in [-0.25, -0.2) is 14.8 Å². The number of aromatic nitrogens is 3. The van der Waals surface area contributed by atoms with Gasteiger partial charge in [0.1, 0.15) is 5.56 Å². The maximum Gasteiger partial charge on any atom is 0.331 e. The topological polar surface area (TPSA) is 100 Å². The van der Waals surface area contributed by atoms with Gasteiger partial charge in [-0.05, 0) is 49.9 Å². The second kappa shape index (κ2) is 8.45. The summed E-state index contributed by atoms with van der Waals surface area (Å²) in [5.74, 6) is -0.101. The van der Waals surface area contributed by atoms with Crippen LogP contribution in [0.2, 0.25) is 0 Å². The van der Waals surface area contributed by atoms with Crippen molar-refractivity contribution < 1.29 is 5.11 Å². The first kappa shape index (κ1) is 19.2. The van der Waals surface area contributed by atoms with Crippen molar-refractivity contribution in [3.63, 3.8) is 0 Å². The van der Waals surface area contributed by atoms with Crippen LogP contribution in [0.4, 0.5) is 5.82 Å². The molecule has 0 fully saturated rings. The summed E-state index contributed by atoms with van der Waals surface area (Å²) in [6.45, 7) is 0.215. The largest absolute Gasteiger partial charge is 0.494 e. The van der Waals surface area contributed by atoms with Crippen molar-refractivity contribution in [1.82, 2.24) is 14.5 Å². The molecule has 1 aromatic carbocycles. The van der Waals surface area contributed by atoms with E-state index in [0.29, 0.717) is 16.7 Å². The molecule has 2 heterocycles. The molecule has 0 saturated carbocycles. The number of aromatic hydroxyl groups is 1. The first-order valence-corrected chi connectivity index (χ1v) is 9.49. The van der Waals surface area contributed by atoms with Crippen molar-refractivity contribution >= 4 is 43.9 Å². The molecule has 138 valence electrons. The highest BCUT2D eigenvalue weighted by Crippen LogP contribution is 2.25. The Morgan fingerprint density at radius 2 is 1.96 bits per heavy atom. The standard InChI is InChI=1S/C18H14Br2N4O3/c19-12-8-14(20)15(21-9-12)22-10-13-16(25)23-18(27)24(17(13)26)7-6-11-4-2-1-3-5-11/h1-5,8-10,26H,6-7H2,(H,23,25,27). The van der Waals surface area contributed by atoms with Crippen LogP contribution in [0.3, 0.4) is 0 Å². The van der Waals surface area contributed by atoms with E-state index < -0.39 is 17.1 Å². The Labute approximate surface area is 170 Å². The maximum absolute atomic E-state index is 12.1. The highest BCUT2D eigenvalue weighted by molar-refractivity contribution is 9.11. The fourth-order valence-electron chi connectivity index (χ4n) is 2.41. The first-order chi connectivity index (χ1) is 13.0. The molecule has 0 atom stereocenters. The number of nitrogens with zero attached hydrogens (tertiary/aromatic N) is 3. The Morgan fingerprint density at radius 3 is 2.67 bits per heavy atom. The number of nitrogens with one attached hydrogen (secondary N) is 1. The minimum Gasteiger partial charge on any atom is -0.494 e. The number of aryl methyl sites for hydroxylation is 1. The van der Waals surface area contributed by atoms with E-state index in [2.05, 4.69) is 46.8 Å². The zero-order valence-corrected chi connectivity index (χ0v) is 17.1. The number of pyridine rings is 1. The zero-order chi connectivity index (χ0) is 19.4. The number of H-pyrrole nitrogens is 1. The lowest BCUT2D eigenvalue weighted by atomic mass is 10.1. The smallest absolute Gasteiger partial charge is 0.331 e. The van der Waals surface area contributed by atoms with Crippen LogP contribution in [0.5, 0.6) is 5.88 Å². The Kier molecular flexibility index (Phi) is 6.02. The number of aromatic amines is 1. The van der Waals surface area contributed by atoms with Gasteiger partial charge < -0.3 is 5.11 Å². The van der Waals surface area contributed by atoms with Crippen LogP contribution >= 0.6 is 31.9 Å². The monoisotopic (exact) mass is 492 g/mol. The van der Waals surface area contributed by atoms with E-state index in [9.17, 15) is 14.7 Å². The van der Waals surface area contributed by atoms with E-state index in [0.717, 1.165) is 14.6 Å². The summed E-state index contributed by atoms with van der Waals surface area (Å²) in [4.78, 5) is 34.6. The third kappa shape index (κ3) is 4.61. The number of rotatable bonds is 5. The van der Waals surface area contributed by atoms with Gasteiger partial charge in [0.15, 0.2) is 5.82 Å². The average molecular weight is 494 g/mol. The van der Waals surface area contributed by atoms with E-state index in [4.69, 9.17) is 0 Å². The molecule has 2 aromatic heterocycles. The normalized spacial score (nSPS) is 11.2. The summed E-state index contributed by atoms with van der Waals surface area (Å²) >= 11 is 6.62. The van der Waals surface area contributed by atoms with E-state index in [-0.39, 0.29) is 12.1 Å². The Bertz CT molecular complexity index is 1110. The van der Waals surface area contributed by atoms with Crippen LogP contribution in [0.1, 0.15) is 11.1 Å². The molecule has 0 bridgehead atoms. The molecule has 0 aliphatic rings. The molecule has 0 aliphatic heterocycles. The lowest BCUT2D eigenvalue weighted by Crippen LogP contribution is -2.32. The summed E-state index contributed by atoms with van der Waals surface area (Å²) < 4.78 is 2.49. The molecule has 27 heavy (non-hydrogen) atoms. The summed E-state index contributed by atoms with van der Waals surface area (Å²) in [7, 11) is 0. The minimum absolute atomic E-state index is 0.112. The van der Waals surface area contributed by atoms with Gasteiger partial charge in [-0.15, -0.1) is 0 Å². The van der Waals surface area contributed by atoms with E-state index >= 15 is 0 Å². The molecule has 0 radical (unpaired) electrons. The van der Waals surface area contributed by atoms with Crippen LogP contribution in [0, 0.1) is 0 Å². The van der Waals surface area contributed by atoms with Gasteiger partial charge in [-0.2, -0.15) is 0 Å². The van der Waals surface area contributed by atoms with Gasteiger partial charge in [0, 0.05) is 23.4 Å². The highest BCUT2D eigenvalue weighted by Gasteiger charge is 2.13. The zero-order valence-electron chi connectivity index (χ0n) is 13.9. The minimum atomic E-state index is -0.717. The van der Waals surface area contributed by atoms with Crippen molar-refractivity contribution in [2.45, 2.75) is 13.0 Å². The van der Waals surface area contributed by atoms with Crippen LogP contribution < -0.4 is 11.2 Å². The van der Waals surface area contributed by atoms with Crippen LogP contribution in [0.15, 0.2) is 66.1 Å². The summed E-state index contributed by atoms with van der Waals surface area (Å²) in [5.41, 5.74) is -0.494. The van der Waals surface area contributed by atoms with E-state index in [1.807, 2.05) is 30.3 Å². The SMILES string of the molecule is O=c1[nH]c(=O)n(CCc2ccccc2)c(O)c1C=Nc1ncc(Br)cc1Br. The van der Waals surface area contributed by atoms with Crippen LogP contribution in [-0.4, -0.2) is 25.9 Å². The molecule has 3 rings (SSSR count). The molecular formula is C18H14Br2N4O3. The highest BCUT2D eigenvalue weighted by atomic mass is 79.9. The Balaban J connectivity index is 1.92. The molecule has 0 amide bonds. The average Bonchev–Trinajstić information content (AvgIpc) is 2.63. The Morgan fingerprint density at radius 1 is 1.22 bits per heavy atom. The number of hydrogen-bond acceptors (Lipinski definition) is 5. The first-order valence-electron chi connectivity index (χ1n) is 7.91. The van der Waals surface area contributed by atoms with Crippen LogP contribution in [0.25, 0.3) is 0 Å². The van der Waals surface area contributed by atoms with Gasteiger partial charge in [0.25, 0.3) is 5.56 Å². The third-order valence-electron chi connectivity index (χ3n) is 3.78. The predicted molar refractivity (Wildman–Crippen MR) is 110 cm³/mol. The predicted octanol–water partition coefficient (Wildman–Crippen LogP) is 3.16. The molecule has 0 unspecified atom stereocenters. The number of benzene rings is 1. The van der Waals surface area contributed by atoms with Gasteiger partial charge in [0.2, 0.25) is 5.88 Å². The van der Waals surface area contributed by atoms with Crippen molar-refractivity contribution in [3.8, 4) is 5.88 Å². The fourth-order valence-corrected chi connectivity index (χ4v) is 3.50. The molecule has 0 aliphatic carbocycles. The lowest BCUT2D eigenvalue weighted by molar-refractivity contribution is 0.399. The van der Waals surface area contributed by atoms with E-state index in [1.165, 1.54) is 6.21 Å². The van der Waals surface area contributed by atoms with Gasteiger partial charge >= 0.3 is 5.69 Å². The van der Waals surface area contributed by atoms with E-state index in [1.54, 1.807) is 12.3 Å². The van der Waals surface area contributed by atoms with Crippen molar-refractivity contribution in [2.24, 2.45) is 4.99 Å². The molecule has 7 nitrogen and oxygen atoms in total. The van der Waals surface area contributed by atoms with Gasteiger partial charge in [-0.3, -0.25) is 14.3 Å². The quantitative estimate of drug-likeness (QED) is 0.533. The summed E-state index contributed by atoms with van der Waals surface area (Å²) in [6.07, 6.45) is 3.27. The molecule has 3 aromatic rings.